The highest BCUT2D eigenvalue weighted by atomic mass is 16.3. The van der Waals surface area contributed by atoms with E-state index in [0.717, 1.165) is 50.2 Å². The van der Waals surface area contributed by atoms with Gasteiger partial charge in [0, 0.05) is 19.6 Å². The summed E-state index contributed by atoms with van der Waals surface area (Å²) in [7, 11) is 0. The van der Waals surface area contributed by atoms with Gasteiger partial charge in [-0.1, -0.05) is 24.3 Å². The van der Waals surface area contributed by atoms with Gasteiger partial charge >= 0.3 is 0 Å². The van der Waals surface area contributed by atoms with Crippen molar-refractivity contribution in [1.29, 1.82) is 0 Å². The van der Waals surface area contributed by atoms with Gasteiger partial charge in [-0.15, -0.1) is 0 Å². The molecule has 4 rings (SSSR count). The fourth-order valence-corrected chi connectivity index (χ4v) is 4.38. The molecule has 1 saturated carbocycles. The van der Waals surface area contributed by atoms with Crippen LogP contribution < -0.4 is 10.2 Å². The van der Waals surface area contributed by atoms with E-state index in [4.69, 9.17) is 0 Å². The minimum Gasteiger partial charge on any atom is -0.393 e. The topological polar surface area (TPSA) is 35.5 Å². The molecule has 2 N–H and O–H groups in total. The van der Waals surface area contributed by atoms with Crippen molar-refractivity contribution in [2.75, 3.05) is 29.9 Å². The third kappa shape index (κ3) is 2.74. The maximum Gasteiger partial charge on any atom is 0.0602 e. The van der Waals surface area contributed by atoms with Gasteiger partial charge in [-0.3, -0.25) is 0 Å². The van der Waals surface area contributed by atoms with E-state index in [9.17, 15) is 5.11 Å². The van der Waals surface area contributed by atoms with Gasteiger partial charge in [-0.05, 0) is 55.6 Å². The maximum absolute atomic E-state index is 9.70. The summed E-state index contributed by atoms with van der Waals surface area (Å²) in [4.78, 5) is 2.41. The molecule has 2 fully saturated rings. The molecule has 0 amide bonds. The van der Waals surface area contributed by atoms with E-state index < -0.39 is 0 Å². The van der Waals surface area contributed by atoms with Crippen LogP contribution in [-0.2, 0) is 0 Å². The molecule has 118 valence electrons. The van der Waals surface area contributed by atoms with Crippen LogP contribution in [0.5, 0.6) is 0 Å². The van der Waals surface area contributed by atoms with Crippen LogP contribution in [0.25, 0.3) is 0 Å². The summed E-state index contributed by atoms with van der Waals surface area (Å²) in [5.41, 5.74) is 2.55. The molecule has 3 nitrogen and oxygen atoms in total. The van der Waals surface area contributed by atoms with Crippen LogP contribution in [0.3, 0.4) is 0 Å². The molecule has 1 aromatic carbocycles. The average Bonchev–Trinajstić information content (AvgIpc) is 3.17. The summed E-state index contributed by atoms with van der Waals surface area (Å²) >= 11 is 0. The Hall–Kier alpha value is -1.48. The maximum atomic E-state index is 9.70. The zero-order chi connectivity index (χ0) is 14.9. The Morgan fingerprint density at radius 2 is 1.91 bits per heavy atom. The van der Waals surface area contributed by atoms with Gasteiger partial charge < -0.3 is 15.3 Å². The van der Waals surface area contributed by atoms with Crippen LogP contribution in [0.4, 0.5) is 11.4 Å². The van der Waals surface area contributed by atoms with Gasteiger partial charge in [0.15, 0.2) is 0 Å². The summed E-state index contributed by atoms with van der Waals surface area (Å²) in [6, 6.07) is 8.64. The first kappa shape index (κ1) is 14.1. The Kier molecular flexibility index (Phi) is 3.83. The van der Waals surface area contributed by atoms with Crippen molar-refractivity contribution < 1.29 is 5.11 Å². The predicted octanol–water partition coefficient (Wildman–Crippen LogP) is 3.27. The normalized spacial score (nSPS) is 31.0. The molecule has 0 aromatic heterocycles. The first-order chi connectivity index (χ1) is 10.8. The monoisotopic (exact) mass is 298 g/mol. The molecular weight excluding hydrogens is 272 g/mol. The number of allylic oxidation sites excluding steroid dienone is 2. The highest BCUT2D eigenvalue weighted by Gasteiger charge is 2.35. The molecule has 0 radical (unpaired) electrons. The molecule has 3 unspecified atom stereocenters. The van der Waals surface area contributed by atoms with Crippen molar-refractivity contribution in [3.63, 3.8) is 0 Å². The highest BCUT2D eigenvalue weighted by molar-refractivity contribution is 5.70. The standard InChI is InChI=1S/C19H26N2O/c22-17-7-9-21(10-8-17)19-4-2-1-3-18(19)20-13-16-12-14-5-6-15(16)11-14/h1-6,14-17,20,22H,7-13H2. The average molecular weight is 298 g/mol. The SMILES string of the molecule is OC1CCN(c2ccccc2NCC2CC3C=CC2C3)CC1. The molecule has 1 heterocycles. The number of hydrogen-bond donors (Lipinski definition) is 2. The first-order valence-corrected chi connectivity index (χ1v) is 8.74. The summed E-state index contributed by atoms with van der Waals surface area (Å²) in [6.45, 7) is 2.99. The fraction of sp³-hybridized carbons (Fsp3) is 0.579. The first-order valence-electron chi connectivity index (χ1n) is 8.74. The van der Waals surface area contributed by atoms with Gasteiger partial charge in [-0.2, -0.15) is 0 Å². The van der Waals surface area contributed by atoms with Gasteiger partial charge in [0.1, 0.15) is 0 Å². The number of piperidine rings is 1. The van der Waals surface area contributed by atoms with Crippen molar-refractivity contribution in [2.45, 2.75) is 31.8 Å². The second-order valence-corrected chi connectivity index (χ2v) is 7.16. The summed E-state index contributed by atoms with van der Waals surface area (Å²) in [5, 5.41) is 13.4. The zero-order valence-corrected chi connectivity index (χ0v) is 13.1. The number of aliphatic hydroxyl groups excluding tert-OH is 1. The molecule has 22 heavy (non-hydrogen) atoms. The number of fused-ring (bicyclic) bond motifs is 2. The van der Waals surface area contributed by atoms with Gasteiger partial charge in [0.2, 0.25) is 0 Å². The molecule has 0 spiro atoms. The summed E-state index contributed by atoms with van der Waals surface area (Å²) in [5.74, 6) is 2.44. The number of benzene rings is 1. The Labute approximate surface area is 133 Å². The highest BCUT2D eigenvalue weighted by Crippen LogP contribution is 2.43. The van der Waals surface area contributed by atoms with E-state index >= 15 is 0 Å². The molecule has 3 atom stereocenters. The lowest BCUT2D eigenvalue weighted by molar-refractivity contribution is 0.145. The Balaban J connectivity index is 1.42. The minimum atomic E-state index is -0.114. The third-order valence-corrected chi connectivity index (χ3v) is 5.68. The van der Waals surface area contributed by atoms with E-state index in [2.05, 4.69) is 46.6 Å². The van der Waals surface area contributed by atoms with E-state index in [0.29, 0.717) is 0 Å². The van der Waals surface area contributed by atoms with E-state index in [1.165, 1.54) is 24.2 Å². The van der Waals surface area contributed by atoms with Crippen LogP contribution in [0.1, 0.15) is 25.7 Å². The lowest BCUT2D eigenvalue weighted by Gasteiger charge is -2.33. The van der Waals surface area contributed by atoms with Crippen molar-refractivity contribution in [2.24, 2.45) is 17.8 Å². The van der Waals surface area contributed by atoms with E-state index in [1.807, 2.05) is 0 Å². The van der Waals surface area contributed by atoms with Crippen molar-refractivity contribution >= 4 is 11.4 Å². The van der Waals surface area contributed by atoms with Crippen LogP contribution in [0.15, 0.2) is 36.4 Å². The number of aliphatic hydroxyl groups is 1. The van der Waals surface area contributed by atoms with Gasteiger partial charge in [-0.25, -0.2) is 0 Å². The van der Waals surface area contributed by atoms with Crippen molar-refractivity contribution in [3.05, 3.63) is 36.4 Å². The zero-order valence-electron chi connectivity index (χ0n) is 13.1. The molecular formula is C19H26N2O. The smallest absolute Gasteiger partial charge is 0.0602 e. The minimum absolute atomic E-state index is 0.114. The number of anilines is 2. The fourth-order valence-electron chi connectivity index (χ4n) is 4.38. The molecule has 1 aromatic rings. The Morgan fingerprint density at radius 3 is 2.64 bits per heavy atom. The third-order valence-electron chi connectivity index (χ3n) is 5.68. The predicted molar refractivity (Wildman–Crippen MR) is 91.2 cm³/mol. The Morgan fingerprint density at radius 1 is 1.09 bits per heavy atom. The van der Waals surface area contributed by atoms with Crippen LogP contribution in [0.2, 0.25) is 0 Å². The van der Waals surface area contributed by atoms with E-state index in [1.54, 1.807) is 0 Å². The lowest BCUT2D eigenvalue weighted by Crippen LogP contribution is -2.36. The molecule has 1 saturated heterocycles. The van der Waals surface area contributed by atoms with Crippen LogP contribution in [-0.4, -0.2) is 30.8 Å². The van der Waals surface area contributed by atoms with Gasteiger partial charge in [0.05, 0.1) is 17.5 Å². The van der Waals surface area contributed by atoms with Crippen LogP contribution in [0, 0.1) is 17.8 Å². The number of hydrogen-bond acceptors (Lipinski definition) is 3. The quantitative estimate of drug-likeness (QED) is 0.838. The largest absolute Gasteiger partial charge is 0.393 e. The molecule has 2 aliphatic carbocycles. The summed E-state index contributed by atoms with van der Waals surface area (Å²) < 4.78 is 0. The lowest BCUT2D eigenvalue weighted by atomic mass is 9.93. The molecule has 3 aliphatic rings. The second kappa shape index (κ2) is 5.96. The van der Waals surface area contributed by atoms with E-state index in [-0.39, 0.29) is 6.10 Å². The number of para-hydroxylation sites is 2. The molecule has 3 heteroatoms. The molecule has 1 aliphatic heterocycles. The van der Waals surface area contributed by atoms with Gasteiger partial charge in [0.25, 0.3) is 0 Å². The second-order valence-electron chi connectivity index (χ2n) is 7.16. The van der Waals surface area contributed by atoms with Crippen LogP contribution >= 0.6 is 0 Å². The Bertz CT molecular complexity index is 548. The van der Waals surface area contributed by atoms with Crippen molar-refractivity contribution in [1.82, 2.24) is 0 Å². The number of nitrogens with zero attached hydrogens (tertiary/aromatic N) is 1. The summed E-state index contributed by atoms with van der Waals surface area (Å²) in [6.07, 6.45) is 9.21. The number of rotatable bonds is 4. The molecule has 2 bridgehead atoms. The number of nitrogens with one attached hydrogen (secondary N) is 1. The van der Waals surface area contributed by atoms with Crippen molar-refractivity contribution in [3.8, 4) is 0 Å².